The first-order chi connectivity index (χ1) is 8.72. The van der Waals surface area contributed by atoms with Gasteiger partial charge in [-0.3, -0.25) is 9.78 Å². The summed E-state index contributed by atoms with van der Waals surface area (Å²) >= 11 is 0. The number of benzene rings is 1. The van der Waals surface area contributed by atoms with E-state index in [4.69, 9.17) is 4.74 Å². The van der Waals surface area contributed by atoms with Crippen molar-refractivity contribution in [1.29, 1.82) is 0 Å². The third-order valence-corrected chi connectivity index (χ3v) is 2.92. The van der Waals surface area contributed by atoms with Crippen LogP contribution in [0.4, 0.5) is 0 Å². The van der Waals surface area contributed by atoms with Gasteiger partial charge in [0.1, 0.15) is 0 Å². The zero-order chi connectivity index (χ0) is 13.0. The summed E-state index contributed by atoms with van der Waals surface area (Å²) in [6, 6.07) is 9.56. The molecule has 0 radical (unpaired) electrons. The minimum atomic E-state index is 0.129. The number of carbonyl (C=O) groups excluding carboxylic acids is 1. The Balaban J connectivity index is 2.28. The van der Waals surface area contributed by atoms with Crippen LogP contribution in [-0.2, 0) is 4.74 Å². The average molecular weight is 243 g/mol. The molecule has 0 fully saturated rings. The van der Waals surface area contributed by atoms with Gasteiger partial charge in [-0.15, -0.1) is 0 Å². The number of pyridine rings is 1. The number of methoxy groups -OCH3 is 1. The molecule has 0 aliphatic rings. The predicted molar refractivity (Wildman–Crippen MR) is 71.7 cm³/mol. The molecule has 18 heavy (non-hydrogen) atoms. The first-order valence-corrected chi connectivity index (χ1v) is 6.08. The first-order valence-electron chi connectivity index (χ1n) is 6.08. The summed E-state index contributed by atoms with van der Waals surface area (Å²) in [5.41, 5.74) is 1.49. The maximum absolute atomic E-state index is 12.2. The van der Waals surface area contributed by atoms with Crippen LogP contribution in [0, 0.1) is 5.92 Å². The number of rotatable bonds is 5. The summed E-state index contributed by atoms with van der Waals surface area (Å²) in [5.74, 6) is 0.352. The Morgan fingerprint density at radius 2 is 2.11 bits per heavy atom. The van der Waals surface area contributed by atoms with Crippen LogP contribution < -0.4 is 0 Å². The predicted octanol–water partition coefficient (Wildman–Crippen LogP) is 3.09. The molecular formula is C15H17NO2. The van der Waals surface area contributed by atoms with Crippen molar-refractivity contribution in [1.82, 2.24) is 4.98 Å². The largest absolute Gasteiger partial charge is 0.384 e. The number of nitrogens with zero attached hydrogens (tertiary/aromatic N) is 1. The lowest BCUT2D eigenvalue weighted by molar-refractivity contribution is 0.0921. The summed E-state index contributed by atoms with van der Waals surface area (Å²) in [6.07, 6.45) is 2.21. The number of para-hydroxylation sites is 1. The molecule has 0 spiro atoms. The Bertz CT molecular complexity index is 546. The van der Waals surface area contributed by atoms with E-state index in [0.29, 0.717) is 18.6 Å². The number of fused-ring (bicyclic) bond motifs is 1. The first kappa shape index (κ1) is 12.7. The maximum atomic E-state index is 12.2. The fraction of sp³-hybridized carbons (Fsp3) is 0.333. The third-order valence-electron chi connectivity index (χ3n) is 2.92. The molecule has 1 aromatic carbocycles. The summed E-state index contributed by atoms with van der Waals surface area (Å²) < 4.78 is 5.06. The Kier molecular flexibility index (Phi) is 4.05. The summed E-state index contributed by atoms with van der Waals surface area (Å²) in [5, 5.41) is 1.00. The fourth-order valence-electron chi connectivity index (χ4n) is 2.10. The highest BCUT2D eigenvalue weighted by molar-refractivity contribution is 6.06. The number of hydrogen-bond donors (Lipinski definition) is 0. The molecular weight excluding hydrogens is 226 g/mol. The van der Waals surface area contributed by atoms with Crippen molar-refractivity contribution in [2.45, 2.75) is 13.3 Å². The molecule has 2 aromatic rings. The van der Waals surface area contributed by atoms with Gasteiger partial charge in [-0.2, -0.15) is 0 Å². The molecule has 1 aromatic heterocycles. The van der Waals surface area contributed by atoms with Gasteiger partial charge >= 0.3 is 0 Å². The highest BCUT2D eigenvalue weighted by Crippen LogP contribution is 2.19. The van der Waals surface area contributed by atoms with Crippen LogP contribution in [-0.4, -0.2) is 24.5 Å². The van der Waals surface area contributed by atoms with Crippen molar-refractivity contribution in [3.05, 3.63) is 42.1 Å². The van der Waals surface area contributed by atoms with E-state index in [9.17, 15) is 4.79 Å². The monoisotopic (exact) mass is 243 g/mol. The van der Waals surface area contributed by atoms with E-state index in [2.05, 4.69) is 4.98 Å². The molecule has 3 nitrogen and oxygen atoms in total. The van der Waals surface area contributed by atoms with Gasteiger partial charge in [-0.1, -0.05) is 25.1 Å². The van der Waals surface area contributed by atoms with Gasteiger partial charge in [0.05, 0.1) is 5.52 Å². The number of Topliss-reactive ketones (excluding diaryl/α,β-unsaturated/α-hetero) is 1. The molecule has 1 atom stereocenters. The molecule has 1 unspecified atom stereocenters. The van der Waals surface area contributed by atoms with Crippen molar-refractivity contribution in [2.75, 3.05) is 13.7 Å². The Hall–Kier alpha value is -1.74. The number of ether oxygens (including phenoxy) is 1. The van der Waals surface area contributed by atoms with Crippen LogP contribution in [0.15, 0.2) is 36.5 Å². The highest BCUT2D eigenvalue weighted by atomic mass is 16.5. The van der Waals surface area contributed by atoms with E-state index >= 15 is 0 Å². The lowest BCUT2D eigenvalue weighted by Gasteiger charge is -2.10. The van der Waals surface area contributed by atoms with Gasteiger partial charge in [0, 0.05) is 37.3 Å². The van der Waals surface area contributed by atoms with Crippen molar-refractivity contribution in [2.24, 2.45) is 5.92 Å². The van der Waals surface area contributed by atoms with E-state index in [1.807, 2.05) is 37.3 Å². The van der Waals surface area contributed by atoms with Gasteiger partial charge in [-0.25, -0.2) is 0 Å². The van der Waals surface area contributed by atoms with Gasteiger partial charge in [0.25, 0.3) is 0 Å². The molecule has 94 valence electrons. The molecule has 1 heterocycles. The minimum Gasteiger partial charge on any atom is -0.384 e. The van der Waals surface area contributed by atoms with E-state index in [0.717, 1.165) is 10.9 Å². The number of hydrogen-bond acceptors (Lipinski definition) is 3. The number of carbonyl (C=O) groups is 1. The van der Waals surface area contributed by atoms with Gasteiger partial charge in [-0.05, 0) is 18.1 Å². The van der Waals surface area contributed by atoms with Crippen LogP contribution in [0.25, 0.3) is 10.9 Å². The number of aromatic nitrogens is 1. The lowest BCUT2D eigenvalue weighted by Crippen LogP contribution is -2.11. The maximum Gasteiger partial charge on any atom is 0.165 e. The SMILES string of the molecule is COCC(C)CC(=O)c1cccc2cccnc12. The molecule has 0 aliphatic carbocycles. The minimum absolute atomic E-state index is 0.129. The summed E-state index contributed by atoms with van der Waals surface area (Å²) in [7, 11) is 1.65. The second-order valence-corrected chi connectivity index (χ2v) is 4.57. The second kappa shape index (κ2) is 5.74. The Labute approximate surface area is 107 Å². The second-order valence-electron chi connectivity index (χ2n) is 4.57. The van der Waals surface area contributed by atoms with E-state index in [-0.39, 0.29) is 11.7 Å². The summed E-state index contributed by atoms with van der Waals surface area (Å²) in [6.45, 7) is 2.61. The Morgan fingerprint density at radius 3 is 2.89 bits per heavy atom. The van der Waals surface area contributed by atoms with Crippen LogP contribution in [0.5, 0.6) is 0 Å². The van der Waals surface area contributed by atoms with Gasteiger partial charge in [0.15, 0.2) is 5.78 Å². The van der Waals surface area contributed by atoms with Gasteiger partial charge < -0.3 is 4.74 Å². The van der Waals surface area contributed by atoms with Crippen LogP contribution in [0.2, 0.25) is 0 Å². The van der Waals surface area contributed by atoms with Crippen LogP contribution in [0.1, 0.15) is 23.7 Å². The highest BCUT2D eigenvalue weighted by Gasteiger charge is 2.14. The van der Waals surface area contributed by atoms with Gasteiger partial charge in [0.2, 0.25) is 0 Å². The standard InChI is InChI=1S/C15H17NO2/c1-11(10-18-2)9-14(17)13-7-3-5-12-6-4-8-16-15(12)13/h3-8,11H,9-10H2,1-2H3. The third kappa shape index (κ3) is 2.74. The van der Waals surface area contributed by atoms with E-state index in [1.54, 1.807) is 13.3 Å². The Morgan fingerprint density at radius 1 is 1.33 bits per heavy atom. The molecule has 3 heteroatoms. The van der Waals surface area contributed by atoms with Crippen molar-refractivity contribution in [3.63, 3.8) is 0 Å². The van der Waals surface area contributed by atoms with Crippen LogP contribution in [0.3, 0.4) is 0 Å². The topological polar surface area (TPSA) is 39.2 Å². The van der Waals surface area contributed by atoms with Crippen molar-refractivity contribution in [3.8, 4) is 0 Å². The zero-order valence-corrected chi connectivity index (χ0v) is 10.7. The molecule has 0 amide bonds. The van der Waals surface area contributed by atoms with E-state index in [1.165, 1.54) is 0 Å². The fourth-order valence-corrected chi connectivity index (χ4v) is 2.10. The average Bonchev–Trinajstić information content (AvgIpc) is 2.38. The molecule has 0 bridgehead atoms. The molecule has 0 aliphatic heterocycles. The van der Waals surface area contributed by atoms with Crippen molar-refractivity contribution >= 4 is 16.7 Å². The summed E-state index contributed by atoms with van der Waals surface area (Å²) in [4.78, 5) is 16.6. The smallest absolute Gasteiger partial charge is 0.165 e. The molecule has 0 N–H and O–H groups in total. The molecule has 0 saturated carbocycles. The van der Waals surface area contributed by atoms with E-state index < -0.39 is 0 Å². The zero-order valence-electron chi connectivity index (χ0n) is 10.7. The molecule has 2 rings (SSSR count). The normalized spacial score (nSPS) is 12.6. The van der Waals surface area contributed by atoms with Crippen molar-refractivity contribution < 1.29 is 9.53 Å². The molecule has 0 saturated heterocycles. The number of ketones is 1. The quantitative estimate of drug-likeness (QED) is 0.757. The lowest BCUT2D eigenvalue weighted by atomic mass is 9.98. The van der Waals surface area contributed by atoms with Crippen LogP contribution >= 0.6 is 0 Å².